The summed E-state index contributed by atoms with van der Waals surface area (Å²) in [5, 5.41) is 1.69. The molecule has 1 heterocycles. The SMILES string of the molecule is CCOCCC(N)c1cc2cc(Cl)ccc2o1. The maximum absolute atomic E-state index is 6.03. The van der Waals surface area contributed by atoms with Crippen molar-refractivity contribution in [1.29, 1.82) is 0 Å². The Morgan fingerprint density at radius 3 is 3.00 bits per heavy atom. The van der Waals surface area contributed by atoms with Crippen molar-refractivity contribution in [2.45, 2.75) is 19.4 Å². The number of furan rings is 1. The maximum Gasteiger partial charge on any atom is 0.134 e. The van der Waals surface area contributed by atoms with E-state index >= 15 is 0 Å². The lowest BCUT2D eigenvalue weighted by Crippen LogP contribution is -2.12. The lowest BCUT2D eigenvalue weighted by atomic mass is 10.1. The van der Waals surface area contributed by atoms with Crippen LogP contribution in [0.1, 0.15) is 25.1 Å². The van der Waals surface area contributed by atoms with Gasteiger partial charge in [0.15, 0.2) is 0 Å². The average Bonchev–Trinajstić information content (AvgIpc) is 2.72. The summed E-state index contributed by atoms with van der Waals surface area (Å²) < 4.78 is 11.0. The molecule has 0 saturated heterocycles. The topological polar surface area (TPSA) is 48.4 Å². The number of halogens is 1. The van der Waals surface area contributed by atoms with Gasteiger partial charge in [-0.15, -0.1) is 0 Å². The van der Waals surface area contributed by atoms with Crippen LogP contribution >= 0.6 is 11.6 Å². The van der Waals surface area contributed by atoms with E-state index in [1.165, 1.54) is 0 Å². The fourth-order valence-electron chi connectivity index (χ4n) is 1.71. The third-order valence-electron chi connectivity index (χ3n) is 2.64. The zero-order valence-corrected chi connectivity index (χ0v) is 10.5. The van der Waals surface area contributed by atoms with Gasteiger partial charge in [0.1, 0.15) is 11.3 Å². The quantitative estimate of drug-likeness (QED) is 0.830. The van der Waals surface area contributed by atoms with Crippen molar-refractivity contribution >= 4 is 22.6 Å². The highest BCUT2D eigenvalue weighted by molar-refractivity contribution is 6.31. The predicted octanol–water partition coefficient (Wildman–Crippen LogP) is 3.51. The van der Waals surface area contributed by atoms with E-state index < -0.39 is 0 Å². The van der Waals surface area contributed by atoms with Crippen LogP contribution in [-0.2, 0) is 4.74 Å². The molecule has 0 radical (unpaired) electrons. The van der Waals surface area contributed by atoms with Crippen molar-refractivity contribution in [3.05, 3.63) is 35.0 Å². The van der Waals surface area contributed by atoms with Crippen LogP contribution < -0.4 is 5.73 Å². The smallest absolute Gasteiger partial charge is 0.134 e. The van der Waals surface area contributed by atoms with Crippen molar-refractivity contribution in [3.8, 4) is 0 Å². The summed E-state index contributed by atoms with van der Waals surface area (Å²) in [7, 11) is 0. The Morgan fingerprint density at radius 2 is 2.24 bits per heavy atom. The molecule has 2 aromatic rings. The molecule has 0 fully saturated rings. The minimum absolute atomic E-state index is 0.132. The Balaban J connectivity index is 2.12. The molecule has 17 heavy (non-hydrogen) atoms. The minimum atomic E-state index is -0.132. The van der Waals surface area contributed by atoms with Gasteiger partial charge in [-0.25, -0.2) is 0 Å². The molecule has 0 aliphatic carbocycles. The lowest BCUT2D eigenvalue weighted by molar-refractivity contribution is 0.138. The number of hydrogen-bond acceptors (Lipinski definition) is 3. The Labute approximate surface area is 105 Å². The predicted molar refractivity (Wildman–Crippen MR) is 69.3 cm³/mol. The van der Waals surface area contributed by atoms with Gasteiger partial charge in [0, 0.05) is 23.6 Å². The van der Waals surface area contributed by atoms with Gasteiger partial charge in [-0.3, -0.25) is 0 Å². The van der Waals surface area contributed by atoms with Crippen LogP contribution in [0.4, 0.5) is 0 Å². The third kappa shape index (κ3) is 3.00. The Bertz CT molecular complexity index is 495. The van der Waals surface area contributed by atoms with E-state index in [9.17, 15) is 0 Å². The Kier molecular flexibility index (Phi) is 4.05. The first-order valence-corrected chi connectivity index (χ1v) is 6.11. The van der Waals surface area contributed by atoms with Crippen molar-refractivity contribution in [1.82, 2.24) is 0 Å². The zero-order chi connectivity index (χ0) is 12.3. The number of rotatable bonds is 5. The van der Waals surface area contributed by atoms with E-state index in [0.717, 1.165) is 23.2 Å². The van der Waals surface area contributed by atoms with Crippen molar-refractivity contribution in [2.75, 3.05) is 13.2 Å². The monoisotopic (exact) mass is 253 g/mol. The van der Waals surface area contributed by atoms with Gasteiger partial charge >= 0.3 is 0 Å². The maximum atomic E-state index is 6.03. The van der Waals surface area contributed by atoms with E-state index in [4.69, 9.17) is 26.5 Å². The number of ether oxygens (including phenoxy) is 1. The zero-order valence-electron chi connectivity index (χ0n) is 9.78. The van der Waals surface area contributed by atoms with Gasteiger partial charge in [0.25, 0.3) is 0 Å². The van der Waals surface area contributed by atoms with Gasteiger partial charge in [0.05, 0.1) is 6.04 Å². The largest absolute Gasteiger partial charge is 0.459 e. The van der Waals surface area contributed by atoms with E-state index in [0.29, 0.717) is 18.2 Å². The average molecular weight is 254 g/mol. The van der Waals surface area contributed by atoms with Gasteiger partial charge in [-0.2, -0.15) is 0 Å². The normalized spacial score (nSPS) is 13.1. The van der Waals surface area contributed by atoms with Crippen LogP contribution in [0.3, 0.4) is 0 Å². The molecular formula is C13H16ClNO2. The fourth-order valence-corrected chi connectivity index (χ4v) is 1.89. The second-order valence-electron chi connectivity index (χ2n) is 3.92. The van der Waals surface area contributed by atoms with Gasteiger partial charge in [-0.05, 0) is 37.6 Å². The highest BCUT2D eigenvalue weighted by Gasteiger charge is 2.12. The molecule has 1 aromatic carbocycles. The van der Waals surface area contributed by atoms with E-state index in [2.05, 4.69) is 0 Å². The van der Waals surface area contributed by atoms with E-state index in [1.54, 1.807) is 0 Å². The number of nitrogens with two attached hydrogens (primary N) is 1. The fraction of sp³-hybridized carbons (Fsp3) is 0.385. The van der Waals surface area contributed by atoms with Crippen LogP contribution in [0.15, 0.2) is 28.7 Å². The first kappa shape index (κ1) is 12.4. The second kappa shape index (κ2) is 5.54. The van der Waals surface area contributed by atoms with Crippen molar-refractivity contribution < 1.29 is 9.15 Å². The molecular weight excluding hydrogens is 238 g/mol. The van der Waals surface area contributed by atoms with Crippen molar-refractivity contribution in [2.24, 2.45) is 5.73 Å². The summed E-state index contributed by atoms with van der Waals surface area (Å²) in [6.45, 7) is 3.33. The van der Waals surface area contributed by atoms with Crippen LogP contribution in [-0.4, -0.2) is 13.2 Å². The molecule has 0 amide bonds. The molecule has 0 aliphatic heterocycles. The molecule has 0 saturated carbocycles. The molecule has 2 N–H and O–H groups in total. The first-order chi connectivity index (χ1) is 8.20. The van der Waals surface area contributed by atoms with Crippen molar-refractivity contribution in [3.63, 3.8) is 0 Å². The Morgan fingerprint density at radius 1 is 1.41 bits per heavy atom. The molecule has 0 spiro atoms. The summed E-state index contributed by atoms with van der Waals surface area (Å²) >= 11 is 5.92. The summed E-state index contributed by atoms with van der Waals surface area (Å²) in [4.78, 5) is 0. The summed E-state index contributed by atoms with van der Waals surface area (Å²) in [6.07, 6.45) is 0.751. The highest BCUT2D eigenvalue weighted by Crippen LogP contribution is 2.26. The van der Waals surface area contributed by atoms with Crippen LogP contribution in [0.5, 0.6) is 0 Å². The molecule has 1 atom stereocenters. The van der Waals surface area contributed by atoms with Crippen LogP contribution in [0, 0.1) is 0 Å². The number of fused-ring (bicyclic) bond motifs is 1. The third-order valence-corrected chi connectivity index (χ3v) is 2.88. The number of hydrogen-bond donors (Lipinski definition) is 1. The van der Waals surface area contributed by atoms with Crippen LogP contribution in [0.25, 0.3) is 11.0 Å². The minimum Gasteiger partial charge on any atom is -0.459 e. The Hall–Kier alpha value is -1.03. The van der Waals surface area contributed by atoms with E-state index in [-0.39, 0.29) is 6.04 Å². The van der Waals surface area contributed by atoms with Gasteiger partial charge in [-0.1, -0.05) is 11.6 Å². The molecule has 4 heteroatoms. The molecule has 3 nitrogen and oxygen atoms in total. The summed E-state index contributed by atoms with van der Waals surface area (Å²) in [5.74, 6) is 0.780. The highest BCUT2D eigenvalue weighted by atomic mass is 35.5. The molecule has 2 rings (SSSR count). The first-order valence-electron chi connectivity index (χ1n) is 5.73. The van der Waals surface area contributed by atoms with Gasteiger partial charge < -0.3 is 14.9 Å². The summed E-state index contributed by atoms with van der Waals surface area (Å²) in [6, 6.07) is 7.35. The lowest BCUT2D eigenvalue weighted by Gasteiger charge is -2.07. The molecule has 0 aliphatic rings. The van der Waals surface area contributed by atoms with Crippen LogP contribution in [0.2, 0.25) is 5.02 Å². The number of benzene rings is 1. The molecule has 92 valence electrons. The van der Waals surface area contributed by atoms with E-state index in [1.807, 2.05) is 31.2 Å². The standard InChI is InChI=1S/C13H16ClNO2/c1-2-16-6-5-11(15)13-8-9-7-10(14)3-4-12(9)17-13/h3-4,7-8,11H,2,5-6,15H2,1H3. The molecule has 1 unspecified atom stereocenters. The van der Waals surface area contributed by atoms with Gasteiger partial charge in [0.2, 0.25) is 0 Å². The molecule has 0 bridgehead atoms. The molecule has 1 aromatic heterocycles. The second-order valence-corrected chi connectivity index (χ2v) is 4.36. The summed E-state index contributed by atoms with van der Waals surface area (Å²) in [5.41, 5.74) is 6.85.